The Bertz CT molecular complexity index is 143. The van der Waals surface area contributed by atoms with Gasteiger partial charge in [-0.1, -0.05) is 31.4 Å². The molecule has 1 heteroatoms. The van der Waals surface area contributed by atoms with E-state index in [-0.39, 0.29) is 0 Å². The maximum Gasteiger partial charge on any atom is 0.0227 e. The molecule has 0 aliphatic heterocycles. The summed E-state index contributed by atoms with van der Waals surface area (Å²) < 4.78 is 0. The van der Waals surface area contributed by atoms with Crippen molar-refractivity contribution in [3.63, 3.8) is 0 Å². The number of hydrogen-bond acceptors (Lipinski definition) is 1. The van der Waals surface area contributed by atoms with Crippen molar-refractivity contribution in [1.29, 1.82) is 0 Å². The largest absolute Gasteiger partial charge is 0.305 e. The van der Waals surface area contributed by atoms with Gasteiger partial charge in [-0.3, -0.25) is 0 Å². The molecule has 0 spiro atoms. The van der Waals surface area contributed by atoms with Crippen molar-refractivity contribution < 1.29 is 0 Å². The fourth-order valence-electron chi connectivity index (χ4n) is 0.702. The molecule has 0 fully saturated rings. The Hall–Kier alpha value is -0.820. The van der Waals surface area contributed by atoms with Crippen LogP contribution in [0.15, 0.2) is 37.0 Å². The van der Waals surface area contributed by atoms with Gasteiger partial charge in [0.2, 0.25) is 0 Å². The SMILES string of the molecule is C=C/C=C(\C=C)CN(C)C. The molecule has 0 radical (unpaired) electrons. The lowest BCUT2D eigenvalue weighted by Gasteiger charge is -2.08. The second-order valence-electron chi connectivity index (χ2n) is 2.42. The molecular formula is C9H15N. The molecule has 0 heterocycles. The smallest absolute Gasteiger partial charge is 0.0227 e. The Morgan fingerprint density at radius 1 is 1.40 bits per heavy atom. The minimum Gasteiger partial charge on any atom is -0.305 e. The number of rotatable bonds is 4. The monoisotopic (exact) mass is 137 g/mol. The number of allylic oxidation sites excluding steroid dienone is 2. The van der Waals surface area contributed by atoms with Crippen LogP contribution < -0.4 is 0 Å². The zero-order valence-electron chi connectivity index (χ0n) is 6.80. The number of nitrogens with zero attached hydrogens (tertiary/aromatic N) is 1. The zero-order valence-corrected chi connectivity index (χ0v) is 6.80. The molecule has 0 aromatic rings. The Morgan fingerprint density at radius 3 is 2.30 bits per heavy atom. The van der Waals surface area contributed by atoms with Crippen LogP contribution in [0.5, 0.6) is 0 Å². The van der Waals surface area contributed by atoms with Gasteiger partial charge in [0.25, 0.3) is 0 Å². The van der Waals surface area contributed by atoms with E-state index in [1.165, 1.54) is 5.57 Å². The van der Waals surface area contributed by atoms with Crippen LogP contribution in [0.2, 0.25) is 0 Å². The summed E-state index contributed by atoms with van der Waals surface area (Å²) in [4.78, 5) is 2.09. The highest BCUT2D eigenvalue weighted by molar-refractivity contribution is 5.22. The minimum atomic E-state index is 0.926. The van der Waals surface area contributed by atoms with Gasteiger partial charge in [-0.2, -0.15) is 0 Å². The van der Waals surface area contributed by atoms with Crippen LogP contribution in [0.3, 0.4) is 0 Å². The van der Waals surface area contributed by atoms with E-state index in [4.69, 9.17) is 0 Å². The van der Waals surface area contributed by atoms with E-state index in [2.05, 4.69) is 18.1 Å². The molecule has 10 heavy (non-hydrogen) atoms. The van der Waals surface area contributed by atoms with Crippen LogP contribution in [0.25, 0.3) is 0 Å². The van der Waals surface area contributed by atoms with Gasteiger partial charge in [0.1, 0.15) is 0 Å². The summed E-state index contributed by atoms with van der Waals surface area (Å²) >= 11 is 0. The van der Waals surface area contributed by atoms with E-state index in [9.17, 15) is 0 Å². The van der Waals surface area contributed by atoms with E-state index in [0.717, 1.165) is 6.54 Å². The Morgan fingerprint density at radius 2 is 2.00 bits per heavy atom. The maximum absolute atomic E-state index is 3.69. The summed E-state index contributed by atoms with van der Waals surface area (Å²) in [5.41, 5.74) is 1.19. The number of hydrogen-bond donors (Lipinski definition) is 0. The van der Waals surface area contributed by atoms with Crippen molar-refractivity contribution in [2.24, 2.45) is 0 Å². The molecule has 0 aliphatic carbocycles. The normalized spacial score (nSPS) is 11.7. The molecule has 0 aromatic carbocycles. The minimum absolute atomic E-state index is 0.926. The Kier molecular flexibility index (Phi) is 4.59. The molecule has 0 bridgehead atoms. The maximum atomic E-state index is 3.69. The topological polar surface area (TPSA) is 3.24 Å². The average Bonchev–Trinajstić information content (AvgIpc) is 1.86. The summed E-state index contributed by atoms with van der Waals surface area (Å²) in [7, 11) is 4.06. The highest BCUT2D eigenvalue weighted by atomic mass is 15.0. The Balaban J connectivity index is 3.95. The standard InChI is InChI=1S/C9H15N/c1-5-7-9(6-2)8-10(3)4/h5-7H,1-2,8H2,3-4H3/b9-7+. The first-order chi connectivity index (χ1) is 4.70. The number of likely N-dealkylation sites (N-methyl/N-ethyl adjacent to an activating group) is 1. The first-order valence-electron chi connectivity index (χ1n) is 3.29. The highest BCUT2D eigenvalue weighted by Gasteiger charge is 1.90. The van der Waals surface area contributed by atoms with Crippen LogP contribution in [-0.4, -0.2) is 25.5 Å². The second-order valence-corrected chi connectivity index (χ2v) is 2.42. The van der Waals surface area contributed by atoms with E-state index < -0.39 is 0 Å². The van der Waals surface area contributed by atoms with E-state index in [1.807, 2.05) is 26.2 Å². The van der Waals surface area contributed by atoms with Crippen molar-refractivity contribution in [2.45, 2.75) is 0 Å². The first-order valence-corrected chi connectivity index (χ1v) is 3.29. The van der Waals surface area contributed by atoms with Gasteiger partial charge in [0, 0.05) is 6.54 Å². The van der Waals surface area contributed by atoms with Crippen LogP contribution in [-0.2, 0) is 0 Å². The lowest BCUT2D eigenvalue weighted by atomic mass is 10.2. The zero-order chi connectivity index (χ0) is 7.98. The van der Waals surface area contributed by atoms with E-state index in [0.29, 0.717) is 0 Å². The highest BCUT2D eigenvalue weighted by Crippen LogP contribution is 1.96. The molecule has 0 aliphatic rings. The molecule has 0 saturated heterocycles. The average molecular weight is 137 g/mol. The van der Waals surface area contributed by atoms with Gasteiger partial charge < -0.3 is 4.90 Å². The van der Waals surface area contributed by atoms with Crippen LogP contribution in [0.4, 0.5) is 0 Å². The first kappa shape index (κ1) is 9.18. The van der Waals surface area contributed by atoms with Crippen LogP contribution in [0.1, 0.15) is 0 Å². The summed E-state index contributed by atoms with van der Waals surface area (Å²) in [5.74, 6) is 0. The van der Waals surface area contributed by atoms with Crippen molar-refractivity contribution in [3.05, 3.63) is 37.0 Å². The van der Waals surface area contributed by atoms with Crippen molar-refractivity contribution >= 4 is 0 Å². The molecule has 0 N–H and O–H groups in total. The molecule has 0 atom stereocenters. The van der Waals surface area contributed by atoms with Crippen molar-refractivity contribution in [1.82, 2.24) is 4.90 Å². The predicted octanol–water partition coefficient (Wildman–Crippen LogP) is 1.85. The van der Waals surface area contributed by atoms with Gasteiger partial charge in [0.05, 0.1) is 0 Å². The van der Waals surface area contributed by atoms with Gasteiger partial charge >= 0.3 is 0 Å². The molecule has 56 valence electrons. The summed E-state index contributed by atoms with van der Waals surface area (Å²) in [6, 6.07) is 0. The van der Waals surface area contributed by atoms with E-state index in [1.54, 1.807) is 6.08 Å². The van der Waals surface area contributed by atoms with E-state index >= 15 is 0 Å². The van der Waals surface area contributed by atoms with Gasteiger partial charge in [0.15, 0.2) is 0 Å². The fourth-order valence-corrected chi connectivity index (χ4v) is 0.702. The molecule has 1 nitrogen and oxygen atoms in total. The molecule has 0 amide bonds. The predicted molar refractivity (Wildman–Crippen MR) is 47.0 cm³/mol. The summed E-state index contributed by atoms with van der Waals surface area (Å²) in [6.45, 7) is 8.23. The molecule has 0 unspecified atom stereocenters. The third-order valence-corrected chi connectivity index (χ3v) is 1.09. The fraction of sp³-hybridized carbons (Fsp3) is 0.333. The van der Waals surface area contributed by atoms with Crippen LogP contribution in [0, 0.1) is 0 Å². The van der Waals surface area contributed by atoms with Gasteiger partial charge in [-0.05, 0) is 19.7 Å². The lowest BCUT2D eigenvalue weighted by molar-refractivity contribution is 0.449. The third kappa shape index (κ3) is 4.10. The van der Waals surface area contributed by atoms with Crippen molar-refractivity contribution in [2.75, 3.05) is 20.6 Å². The Labute approximate surface area is 63.3 Å². The van der Waals surface area contributed by atoms with Gasteiger partial charge in [-0.15, -0.1) is 0 Å². The third-order valence-electron chi connectivity index (χ3n) is 1.09. The van der Waals surface area contributed by atoms with Gasteiger partial charge in [-0.25, -0.2) is 0 Å². The lowest BCUT2D eigenvalue weighted by Crippen LogP contribution is -2.13. The quantitative estimate of drug-likeness (QED) is 0.534. The molecule has 0 rings (SSSR count). The molecular weight excluding hydrogens is 122 g/mol. The van der Waals surface area contributed by atoms with Crippen LogP contribution >= 0.6 is 0 Å². The molecule has 0 aromatic heterocycles. The molecule has 0 saturated carbocycles. The van der Waals surface area contributed by atoms with Crippen molar-refractivity contribution in [3.8, 4) is 0 Å². The summed E-state index contributed by atoms with van der Waals surface area (Å²) in [6.07, 6.45) is 5.59. The summed E-state index contributed by atoms with van der Waals surface area (Å²) in [5, 5.41) is 0. The second kappa shape index (κ2) is 5.00.